The number of nitrogens with one attached hydrogen (secondary N) is 1. The van der Waals surface area contributed by atoms with E-state index in [0.29, 0.717) is 29.7 Å². The molecule has 6 nitrogen and oxygen atoms in total. The van der Waals surface area contributed by atoms with Gasteiger partial charge >= 0.3 is 0 Å². The van der Waals surface area contributed by atoms with Gasteiger partial charge in [0.15, 0.2) is 0 Å². The number of piperidine rings is 1. The summed E-state index contributed by atoms with van der Waals surface area (Å²) in [6, 6.07) is 5.40. The van der Waals surface area contributed by atoms with E-state index in [1.807, 2.05) is 26.0 Å². The molecule has 26 heavy (non-hydrogen) atoms. The summed E-state index contributed by atoms with van der Waals surface area (Å²) in [5.41, 5.74) is 5.88. The van der Waals surface area contributed by atoms with Crippen LogP contribution in [0.4, 0.5) is 0 Å². The zero-order valence-electron chi connectivity index (χ0n) is 15.5. The zero-order chi connectivity index (χ0) is 18.5. The van der Waals surface area contributed by atoms with Crippen LogP contribution in [0.2, 0.25) is 0 Å². The van der Waals surface area contributed by atoms with E-state index in [1.165, 1.54) is 12.8 Å². The Kier molecular flexibility index (Phi) is 5.93. The summed E-state index contributed by atoms with van der Waals surface area (Å²) in [7, 11) is 0. The zero-order valence-corrected chi connectivity index (χ0v) is 15.5. The van der Waals surface area contributed by atoms with Gasteiger partial charge in [0.1, 0.15) is 5.75 Å². The molecule has 0 bridgehead atoms. The maximum absolute atomic E-state index is 11.8. The lowest BCUT2D eigenvalue weighted by Crippen LogP contribution is -2.28. The molecule has 0 aliphatic carbocycles. The SMILES string of the molecule is CC(C)Oc1cc2c(OCCC3CCNCC3)nccc2cc1C(N)=O. The molecule has 1 aliphatic heterocycles. The van der Waals surface area contributed by atoms with Gasteiger partial charge in [-0.1, -0.05) is 0 Å². The molecule has 2 aromatic rings. The van der Waals surface area contributed by atoms with Gasteiger partial charge in [-0.15, -0.1) is 0 Å². The van der Waals surface area contributed by atoms with Crippen molar-refractivity contribution in [1.82, 2.24) is 10.3 Å². The first-order valence-corrected chi connectivity index (χ1v) is 9.27. The van der Waals surface area contributed by atoms with E-state index in [9.17, 15) is 4.79 Å². The minimum atomic E-state index is -0.507. The summed E-state index contributed by atoms with van der Waals surface area (Å²) in [4.78, 5) is 16.1. The Bertz CT molecular complexity index is 770. The van der Waals surface area contributed by atoms with Crippen molar-refractivity contribution < 1.29 is 14.3 Å². The third-order valence-corrected chi connectivity index (χ3v) is 4.68. The number of fused-ring (bicyclic) bond motifs is 1. The summed E-state index contributed by atoms with van der Waals surface area (Å²) in [5, 5.41) is 5.07. The average Bonchev–Trinajstić information content (AvgIpc) is 2.62. The van der Waals surface area contributed by atoms with E-state index >= 15 is 0 Å². The second-order valence-corrected chi connectivity index (χ2v) is 7.05. The van der Waals surface area contributed by atoms with Gasteiger partial charge < -0.3 is 20.5 Å². The van der Waals surface area contributed by atoms with Crippen LogP contribution in [0.25, 0.3) is 10.8 Å². The van der Waals surface area contributed by atoms with Gasteiger partial charge in [-0.05, 0) is 75.7 Å². The standard InChI is InChI=1S/C20H27N3O3/c1-13(2)26-18-12-16-15(11-17(18)19(21)24)5-9-23-20(16)25-10-6-14-3-7-22-8-4-14/h5,9,11-14,22H,3-4,6-8,10H2,1-2H3,(H2,21,24). The molecule has 0 radical (unpaired) electrons. The van der Waals surface area contributed by atoms with Crippen LogP contribution < -0.4 is 20.5 Å². The first-order valence-electron chi connectivity index (χ1n) is 9.27. The number of carbonyl (C=O) groups excluding carboxylic acids is 1. The monoisotopic (exact) mass is 357 g/mol. The number of primary amides is 1. The van der Waals surface area contributed by atoms with Crippen LogP contribution in [-0.2, 0) is 0 Å². The Hall–Kier alpha value is -2.34. The van der Waals surface area contributed by atoms with Crippen molar-refractivity contribution in [2.45, 2.75) is 39.2 Å². The third-order valence-electron chi connectivity index (χ3n) is 4.68. The van der Waals surface area contributed by atoms with E-state index in [1.54, 1.807) is 12.3 Å². The molecule has 6 heteroatoms. The highest BCUT2D eigenvalue weighted by Gasteiger charge is 2.16. The van der Waals surface area contributed by atoms with Gasteiger partial charge in [0, 0.05) is 11.6 Å². The summed E-state index contributed by atoms with van der Waals surface area (Å²) in [6.07, 6.45) is 5.04. The molecule has 1 amide bonds. The fourth-order valence-electron chi connectivity index (χ4n) is 3.33. The molecule has 1 aliphatic rings. The van der Waals surface area contributed by atoms with Crippen LogP contribution in [-0.4, -0.2) is 36.7 Å². The lowest BCUT2D eigenvalue weighted by atomic mass is 9.95. The van der Waals surface area contributed by atoms with Crippen molar-refractivity contribution in [1.29, 1.82) is 0 Å². The fraction of sp³-hybridized carbons (Fsp3) is 0.500. The third kappa shape index (κ3) is 4.43. The molecular formula is C20H27N3O3. The van der Waals surface area contributed by atoms with Gasteiger partial charge in [-0.3, -0.25) is 4.79 Å². The van der Waals surface area contributed by atoms with Crippen LogP contribution >= 0.6 is 0 Å². The molecular weight excluding hydrogens is 330 g/mol. The van der Waals surface area contributed by atoms with Crippen LogP contribution in [0.3, 0.4) is 0 Å². The number of ether oxygens (including phenoxy) is 2. The van der Waals surface area contributed by atoms with E-state index in [-0.39, 0.29) is 6.10 Å². The largest absolute Gasteiger partial charge is 0.490 e. The van der Waals surface area contributed by atoms with Crippen molar-refractivity contribution in [2.75, 3.05) is 19.7 Å². The van der Waals surface area contributed by atoms with Gasteiger partial charge in [0.2, 0.25) is 5.88 Å². The van der Waals surface area contributed by atoms with E-state index in [4.69, 9.17) is 15.2 Å². The summed E-state index contributed by atoms with van der Waals surface area (Å²) >= 11 is 0. The number of hydrogen-bond donors (Lipinski definition) is 2. The number of carbonyl (C=O) groups is 1. The molecule has 0 saturated carbocycles. The molecule has 3 N–H and O–H groups in total. The quantitative estimate of drug-likeness (QED) is 0.796. The van der Waals surface area contributed by atoms with Crippen molar-refractivity contribution in [2.24, 2.45) is 11.7 Å². The Morgan fingerprint density at radius 3 is 2.81 bits per heavy atom. The van der Waals surface area contributed by atoms with Crippen LogP contribution in [0.15, 0.2) is 24.4 Å². The summed E-state index contributed by atoms with van der Waals surface area (Å²) < 4.78 is 11.8. The molecule has 1 fully saturated rings. The van der Waals surface area contributed by atoms with Gasteiger partial charge in [0.25, 0.3) is 5.91 Å². The van der Waals surface area contributed by atoms with Gasteiger partial charge in [-0.2, -0.15) is 0 Å². The average molecular weight is 357 g/mol. The molecule has 0 unspecified atom stereocenters. The second kappa shape index (κ2) is 8.36. The minimum absolute atomic E-state index is 0.0634. The molecule has 2 heterocycles. The molecule has 0 spiro atoms. The van der Waals surface area contributed by atoms with Crippen molar-refractivity contribution in [3.05, 3.63) is 30.0 Å². The summed E-state index contributed by atoms with van der Waals surface area (Å²) in [6.45, 7) is 6.63. The van der Waals surface area contributed by atoms with Crippen LogP contribution in [0, 0.1) is 5.92 Å². The highest BCUT2D eigenvalue weighted by atomic mass is 16.5. The predicted octanol–water partition coefficient (Wildman–Crippen LogP) is 2.89. The van der Waals surface area contributed by atoms with Crippen molar-refractivity contribution >= 4 is 16.7 Å². The number of rotatable bonds is 7. The number of hydrogen-bond acceptors (Lipinski definition) is 5. The number of aromatic nitrogens is 1. The lowest BCUT2D eigenvalue weighted by molar-refractivity contribution is 0.0994. The van der Waals surface area contributed by atoms with E-state index in [2.05, 4.69) is 10.3 Å². The second-order valence-electron chi connectivity index (χ2n) is 7.05. The molecule has 1 aromatic carbocycles. The number of pyridine rings is 1. The fourth-order valence-corrected chi connectivity index (χ4v) is 3.33. The Morgan fingerprint density at radius 1 is 1.35 bits per heavy atom. The number of nitrogens with zero attached hydrogens (tertiary/aromatic N) is 1. The van der Waals surface area contributed by atoms with Crippen molar-refractivity contribution in [3.8, 4) is 11.6 Å². The van der Waals surface area contributed by atoms with Crippen LogP contribution in [0.1, 0.15) is 43.5 Å². The molecule has 0 atom stereocenters. The normalized spacial score (nSPS) is 15.3. The topological polar surface area (TPSA) is 86.5 Å². The maximum Gasteiger partial charge on any atom is 0.252 e. The highest BCUT2D eigenvalue weighted by Crippen LogP contribution is 2.31. The molecule has 3 rings (SSSR count). The molecule has 1 saturated heterocycles. The van der Waals surface area contributed by atoms with Crippen LogP contribution in [0.5, 0.6) is 11.6 Å². The predicted molar refractivity (Wildman–Crippen MR) is 102 cm³/mol. The van der Waals surface area contributed by atoms with Crippen molar-refractivity contribution in [3.63, 3.8) is 0 Å². The first kappa shape index (κ1) is 18.5. The first-order chi connectivity index (χ1) is 12.5. The number of benzene rings is 1. The Morgan fingerprint density at radius 2 is 2.12 bits per heavy atom. The smallest absolute Gasteiger partial charge is 0.252 e. The Labute approximate surface area is 154 Å². The maximum atomic E-state index is 11.8. The van der Waals surface area contributed by atoms with E-state index in [0.717, 1.165) is 30.3 Å². The van der Waals surface area contributed by atoms with E-state index < -0.39 is 5.91 Å². The highest BCUT2D eigenvalue weighted by molar-refractivity contribution is 6.01. The van der Waals surface area contributed by atoms with Gasteiger partial charge in [-0.25, -0.2) is 4.98 Å². The minimum Gasteiger partial charge on any atom is -0.490 e. The summed E-state index contributed by atoms with van der Waals surface area (Å²) in [5.74, 6) is 1.23. The number of amides is 1. The molecule has 1 aromatic heterocycles. The number of nitrogens with two attached hydrogens (primary N) is 1. The van der Waals surface area contributed by atoms with Gasteiger partial charge in [0.05, 0.1) is 18.3 Å². The Balaban J connectivity index is 1.82. The molecule has 140 valence electrons. The lowest BCUT2D eigenvalue weighted by Gasteiger charge is -2.22.